The Balaban J connectivity index is 1.86. The molecule has 0 aliphatic heterocycles. The SMILES string of the molecule is CCOC(=O)c1ncn2c3ccccc3n(-c3ccccc3-c3ccc(C)cc3)c12. The fraction of sp³-hybridized carbons (Fsp3) is 0.120. The molecule has 0 unspecified atom stereocenters. The molecule has 0 aliphatic rings. The number of aromatic nitrogens is 3. The molecule has 0 atom stereocenters. The molecule has 5 heteroatoms. The van der Waals surface area contributed by atoms with Crippen molar-refractivity contribution < 1.29 is 9.53 Å². The third kappa shape index (κ3) is 2.78. The van der Waals surface area contributed by atoms with E-state index in [1.807, 2.05) is 34.7 Å². The van der Waals surface area contributed by atoms with E-state index in [2.05, 4.69) is 58.9 Å². The van der Waals surface area contributed by atoms with Crippen molar-refractivity contribution in [1.82, 2.24) is 14.0 Å². The van der Waals surface area contributed by atoms with Crippen LogP contribution in [-0.2, 0) is 4.74 Å². The highest BCUT2D eigenvalue weighted by molar-refractivity contribution is 5.98. The highest BCUT2D eigenvalue weighted by Crippen LogP contribution is 2.33. The van der Waals surface area contributed by atoms with Crippen molar-refractivity contribution in [2.24, 2.45) is 0 Å². The standard InChI is InChI=1S/C25H21N3O2/c1-3-30-25(29)23-24-27(16-26-23)21-10-6-7-11-22(21)28(24)20-9-5-4-8-19(20)18-14-12-17(2)13-15-18/h4-16H,3H2,1-2H3. The highest BCUT2D eigenvalue weighted by Gasteiger charge is 2.23. The number of esters is 1. The summed E-state index contributed by atoms with van der Waals surface area (Å²) >= 11 is 0. The number of imidazole rings is 2. The van der Waals surface area contributed by atoms with Crippen molar-refractivity contribution >= 4 is 22.6 Å². The van der Waals surface area contributed by atoms with Crippen LogP contribution in [0.15, 0.2) is 79.1 Å². The molecule has 30 heavy (non-hydrogen) atoms. The van der Waals surface area contributed by atoms with Crippen LogP contribution >= 0.6 is 0 Å². The average molecular weight is 395 g/mol. The molecule has 3 aromatic carbocycles. The largest absolute Gasteiger partial charge is 0.461 e. The van der Waals surface area contributed by atoms with E-state index >= 15 is 0 Å². The summed E-state index contributed by atoms with van der Waals surface area (Å²) in [6.07, 6.45) is 1.69. The number of carbonyl (C=O) groups is 1. The van der Waals surface area contributed by atoms with Gasteiger partial charge in [-0.2, -0.15) is 0 Å². The third-order valence-electron chi connectivity index (χ3n) is 5.31. The lowest BCUT2D eigenvalue weighted by Gasteiger charge is -2.13. The lowest BCUT2D eigenvalue weighted by atomic mass is 10.0. The van der Waals surface area contributed by atoms with Gasteiger partial charge in [0.25, 0.3) is 0 Å². The number of carbonyl (C=O) groups excluding carboxylic acids is 1. The molecule has 0 saturated carbocycles. The first-order valence-corrected chi connectivity index (χ1v) is 9.99. The van der Waals surface area contributed by atoms with Gasteiger partial charge >= 0.3 is 5.97 Å². The summed E-state index contributed by atoms with van der Waals surface area (Å²) in [4.78, 5) is 17.1. The number of hydrogen-bond donors (Lipinski definition) is 0. The van der Waals surface area contributed by atoms with Crippen LogP contribution in [0.25, 0.3) is 33.5 Å². The van der Waals surface area contributed by atoms with E-state index in [-0.39, 0.29) is 0 Å². The molecule has 2 aromatic heterocycles. The highest BCUT2D eigenvalue weighted by atomic mass is 16.5. The molecule has 0 aliphatic carbocycles. The van der Waals surface area contributed by atoms with Gasteiger partial charge in [0.15, 0.2) is 11.3 Å². The summed E-state index contributed by atoms with van der Waals surface area (Å²) in [5.74, 6) is -0.420. The second-order valence-corrected chi connectivity index (χ2v) is 7.21. The molecule has 0 radical (unpaired) electrons. The number of nitrogens with zero attached hydrogens (tertiary/aromatic N) is 3. The predicted octanol–water partition coefficient (Wildman–Crippen LogP) is 5.43. The van der Waals surface area contributed by atoms with Gasteiger partial charge in [0, 0.05) is 5.56 Å². The van der Waals surface area contributed by atoms with E-state index in [0.29, 0.717) is 17.9 Å². The van der Waals surface area contributed by atoms with Gasteiger partial charge in [0.05, 0.1) is 23.3 Å². The minimum Gasteiger partial charge on any atom is -0.461 e. The van der Waals surface area contributed by atoms with Crippen LogP contribution in [0.2, 0.25) is 0 Å². The van der Waals surface area contributed by atoms with Crippen LogP contribution < -0.4 is 0 Å². The van der Waals surface area contributed by atoms with Crippen LogP contribution in [0.3, 0.4) is 0 Å². The Morgan fingerprint density at radius 3 is 2.40 bits per heavy atom. The minimum absolute atomic E-state index is 0.304. The molecular weight excluding hydrogens is 374 g/mol. The van der Waals surface area contributed by atoms with Crippen molar-refractivity contribution in [3.63, 3.8) is 0 Å². The number of benzene rings is 3. The first-order valence-electron chi connectivity index (χ1n) is 9.99. The summed E-state index contributed by atoms with van der Waals surface area (Å²) in [5, 5.41) is 0. The van der Waals surface area contributed by atoms with Gasteiger partial charge in [0.2, 0.25) is 0 Å². The Bertz CT molecular complexity index is 1380. The second kappa shape index (κ2) is 7.19. The molecule has 0 N–H and O–H groups in total. The van der Waals surface area contributed by atoms with Crippen LogP contribution in [0.1, 0.15) is 23.0 Å². The summed E-state index contributed by atoms with van der Waals surface area (Å²) in [6, 6.07) is 24.8. The number of hydrogen-bond acceptors (Lipinski definition) is 3. The number of ether oxygens (including phenoxy) is 1. The summed E-state index contributed by atoms with van der Waals surface area (Å²) in [7, 11) is 0. The summed E-state index contributed by atoms with van der Waals surface area (Å²) in [6.45, 7) is 4.18. The van der Waals surface area contributed by atoms with Crippen LogP contribution in [-0.4, -0.2) is 26.5 Å². The fourth-order valence-corrected chi connectivity index (χ4v) is 3.94. The number of aryl methyl sites for hydroxylation is 1. The Morgan fingerprint density at radius 1 is 0.933 bits per heavy atom. The minimum atomic E-state index is -0.420. The molecule has 5 aromatic rings. The van der Waals surface area contributed by atoms with Gasteiger partial charge in [-0.25, -0.2) is 9.78 Å². The van der Waals surface area contributed by atoms with Crippen LogP contribution in [0.4, 0.5) is 0 Å². The summed E-state index contributed by atoms with van der Waals surface area (Å²) < 4.78 is 9.33. The van der Waals surface area contributed by atoms with Crippen molar-refractivity contribution in [1.29, 1.82) is 0 Å². The zero-order chi connectivity index (χ0) is 20.7. The number of fused-ring (bicyclic) bond motifs is 3. The molecule has 0 bridgehead atoms. The van der Waals surface area contributed by atoms with Gasteiger partial charge in [-0.05, 0) is 37.6 Å². The fourth-order valence-electron chi connectivity index (χ4n) is 3.94. The molecule has 0 amide bonds. The topological polar surface area (TPSA) is 48.5 Å². The van der Waals surface area contributed by atoms with Crippen LogP contribution in [0, 0.1) is 6.92 Å². The van der Waals surface area contributed by atoms with Gasteiger partial charge < -0.3 is 4.74 Å². The van der Waals surface area contributed by atoms with Gasteiger partial charge in [-0.1, -0.05) is 60.2 Å². The lowest BCUT2D eigenvalue weighted by molar-refractivity contribution is 0.0522. The van der Waals surface area contributed by atoms with E-state index in [1.54, 1.807) is 13.3 Å². The Kier molecular flexibility index (Phi) is 4.36. The average Bonchev–Trinajstić information content (AvgIpc) is 3.33. The van der Waals surface area contributed by atoms with Crippen LogP contribution in [0.5, 0.6) is 0 Å². The van der Waals surface area contributed by atoms with Gasteiger partial charge in [-0.15, -0.1) is 0 Å². The number of rotatable bonds is 4. The monoisotopic (exact) mass is 395 g/mol. The van der Waals surface area contributed by atoms with E-state index in [4.69, 9.17) is 4.74 Å². The first-order chi connectivity index (χ1) is 14.7. The van der Waals surface area contributed by atoms with Crippen molar-refractivity contribution in [3.8, 4) is 16.8 Å². The predicted molar refractivity (Wildman–Crippen MR) is 118 cm³/mol. The van der Waals surface area contributed by atoms with E-state index in [0.717, 1.165) is 27.8 Å². The van der Waals surface area contributed by atoms with Crippen molar-refractivity contribution in [2.45, 2.75) is 13.8 Å². The Hall–Kier alpha value is -3.86. The smallest absolute Gasteiger partial charge is 0.360 e. The van der Waals surface area contributed by atoms with E-state index < -0.39 is 5.97 Å². The normalized spacial score (nSPS) is 11.3. The Morgan fingerprint density at radius 2 is 1.63 bits per heavy atom. The molecule has 0 fully saturated rings. The maximum absolute atomic E-state index is 12.7. The van der Waals surface area contributed by atoms with E-state index in [9.17, 15) is 4.79 Å². The second-order valence-electron chi connectivity index (χ2n) is 7.21. The van der Waals surface area contributed by atoms with E-state index in [1.165, 1.54) is 5.56 Å². The van der Waals surface area contributed by atoms with Crippen molar-refractivity contribution in [2.75, 3.05) is 6.61 Å². The quantitative estimate of drug-likeness (QED) is 0.381. The number of para-hydroxylation sites is 3. The molecule has 0 saturated heterocycles. The van der Waals surface area contributed by atoms with Gasteiger partial charge in [-0.3, -0.25) is 8.97 Å². The summed E-state index contributed by atoms with van der Waals surface area (Å²) in [5.41, 5.74) is 7.39. The van der Waals surface area contributed by atoms with Gasteiger partial charge in [0.1, 0.15) is 6.33 Å². The molecule has 148 valence electrons. The molecule has 0 spiro atoms. The Labute approximate surface area is 174 Å². The maximum Gasteiger partial charge on any atom is 0.360 e. The maximum atomic E-state index is 12.7. The lowest BCUT2D eigenvalue weighted by Crippen LogP contribution is -2.08. The third-order valence-corrected chi connectivity index (χ3v) is 5.31. The van der Waals surface area contributed by atoms with Crippen molar-refractivity contribution in [3.05, 3.63) is 90.4 Å². The molecule has 5 nitrogen and oxygen atoms in total. The molecular formula is C25H21N3O2. The first kappa shape index (κ1) is 18.2. The molecule has 5 rings (SSSR count). The zero-order valence-corrected chi connectivity index (χ0v) is 16.9. The zero-order valence-electron chi connectivity index (χ0n) is 16.9. The molecule has 2 heterocycles.